The number of rotatable bonds is 2. The van der Waals surface area contributed by atoms with Crippen LogP contribution in [0, 0.1) is 5.41 Å². The second-order valence-corrected chi connectivity index (χ2v) is 3.37. The summed E-state index contributed by atoms with van der Waals surface area (Å²) in [5.74, 6) is 0.660. The van der Waals surface area contributed by atoms with Crippen molar-refractivity contribution in [2.24, 2.45) is 5.41 Å². The molecule has 0 spiro atoms. The summed E-state index contributed by atoms with van der Waals surface area (Å²) >= 11 is 0. The molecule has 1 aromatic rings. The van der Waals surface area contributed by atoms with Crippen LogP contribution in [-0.4, -0.2) is 5.78 Å². The lowest BCUT2D eigenvalue weighted by molar-refractivity contribution is 0.0884. The Labute approximate surface area is 65.2 Å². The van der Waals surface area contributed by atoms with Crippen molar-refractivity contribution in [3.05, 3.63) is 24.2 Å². The first-order valence-electron chi connectivity index (χ1n) is 3.81. The second kappa shape index (κ2) is 1.97. The Morgan fingerprint density at radius 2 is 2.36 bits per heavy atom. The van der Waals surface area contributed by atoms with Gasteiger partial charge in [-0.25, -0.2) is 0 Å². The number of hydrogen-bond acceptors (Lipinski definition) is 2. The lowest BCUT2D eigenvalue weighted by atomic mass is 10.0. The molecule has 0 bridgehead atoms. The minimum atomic E-state index is -0.0994. The van der Waals surface area contributed by atoms with Gasteiger partial charge in [0.1, 0.15) is 0 Å². The molecule has 1 heterocycles. The summed E-state index contributed by atoms with van der Waals surface area (Å²) in [6.45, 7) is 1.98. The van der Waals surface area contributed by atoms with Gasteiger partial charge in [-0.05, 0) is 25.0 Å². The second-order valence-electron chi connectivity index (χ2n) is 3.37. The average Bonchev–Trinajstić information content (AvgIpc) is 2.54. The predicted octanol–water partition coefficient (Wildman–Crippen LogP) is 2.26. The Hall–Kier alpha value is -1.05. The van der Waals surface area contributed by atoms with E-state index in [0.717, 1.165) is 12.8 Å². The third-order valence-corrected chi connectivity index (χ3v) is 2.29. The number of carbonyl (C=O) groups is 1. The Morgan fingerprint density at radius 1 is 1.64 bits per heavy atom. The molecule has 1 fully saturated rings. The highest BCUT2D eigenvalue weighted by molar-refractivity contribution is 5.99. The number of furan rings is 1. The van der Waals surface area contributed by atoms with Crippen molar-refractivity contribution < 1.29 is 9.21 Å². The van der Waals surface area contributed by atoms with Crippen LogP contribution in [0.3, 0.4) is 0 Å². The summed E-state index contributed by atoms with van der Waals surface area (Å²) in [6, 6.07) is 3.48. The quantitative estimate of drug-likeness (QED) is 0.605. The Balaban J connectivity index is 2.24. The van der Waals surface area contributed by atoms with Gasteiger partial charge in [-0.1, -0.05) is 6.92 Å². The molecule has 0 aromatic carbocycles. The average molecular weight is 150 g/mol. The van der Waals surface area contributed by atoms with E-state index < -0.39 is 0 Å². The smallest absolute Gasteiger partial charge is 0.203 e. The number of Topliss-reactive ketones (excluding diaryl/α,β-unsaturated/α-hetero) is 1. The highest BCUT2D eigenvalue weighted by Gasteiger charge is 2.46. The van der Waals surface area contributed by atoms with Gasteiger partial charge in [-0.15, -0.1) is 0 Å². The summed E-state index contributed by atoms with van der Waals surface area (Å²) in [6.07, 6.45) is 3.55. The molecule has 2 rings (SSSR count). The molecule has 0 unspecified atom stereocenters. The number of ketones is 1. The third-order valence-electron chi connectivity index (χ3n) is 2.29. The minimum absolute atomic E-state index is 0.0994. The lowest BCUT2D eigenvalue weighted by Crippen LogP contribution is -2.10. The van der Waals surface area contributed by atoms with Crippen LogP contribution in [0.25, 0.3) is 0 Å². The normalized spacial score (nSPS) is 19.7. The van der Waals surface area contributed by atoms with Crippen LogP contribution in [0.5, 0.6) is 0 Å². The summed E-state index contributed by atoms with van der Waals surface area (Å²) in [5, 5.41) is 0. The molecule has 1 saturated carbocycles. The van der Waals surface area contributed by atoms with Gasteiger partial charge in [-0.2, -0.15) is 0 Å². The van der Waals surface area contributed by atoms with Crippen LogP contribution in [-0.2, 0) is 0 Å². The summed E-state index contributed by atoms with van der Waals surface area (Å²) in [7, 11) is 0. The van der Waals surface area contributed by atoms with Gasteiger partial charge in [-0.3, -0.25) is 4.79 Å². The van der Waals surface area contributed by atoms with E-state index in [0.29, 0.717) is 5.76 Å². The molecule has 1 aromatic heterocycles. The first-order valence-corrected chi connectivity index (χ1v) is 3.81. The molecule has 0 saturated heterocycles. The molecule has 1 aliphatic carbocycles. The fourth-order valence-electron chi connectivity index (χ4n) is 1.12. The van der Waals surface area contributed by atoms with E-state index in [4.69, 9.17) is 4.42 Å². The van der Waals surface area contributed by atoms with Crippen molar-refractivity contribution in [1.82, 2.24) is 0 Å². The monoisotopic (exact) mass is 150 g/mol. The van der Waals surface area contributed by atoms with Crippen molar-refractivity contribution in [3.8, 4) is 0 Å². The van der Waals surface area contributed by atoms with Gasteiger partial charge < -0.3 is 4.42 Å². The highest BCUT2D eigenvalue weighted by Crippen LogP contribution is 2.47. The molecule has 2 nitrogen and oxygen atoms in total. The maximum atomic E-state index is 11.5. The Bertz CT molecular complexity index is 268. The first-order chi connectivity index (χ1) is 5.22. The minimum Gasteiger partial charge on any atom is -0.461 e. The van der Waals surface area contributed by atoms with Crippen molar-refractivity contribution >= 4 is 5.78 Å². The van der Waals surface area contributed by atoms with Crippen molar-refractivity contribution in [1.29, 1.82) is 0 Å². The zero-order chi connectivity index (χ0) is 7.90. The maximum Gasteiger partial charge on any atom is 0.203 e. The van der Waals surface area contributed by atoms with Gasteiger partial charge in [0.25, 0.3) is 0 Å². The van der Waals surface area contributed by atoms with E-state index in [9.17, 15) is 4.79 Å². The van der Waals surface area contributed by atoms with E-state index in [1.54, 1.807) is 18.4 Å². The molecule has 2 heteroatoms. The van der Waals surface area contributed by atoms with Crippen LogP contribution in [0.2, 0.25) is 0 Å². The molecule has 0 N–H and O–H groups in total. The zero-order valence-corrected chi connectivity index (χ0v) is 6.46. The van der Waals surface area contributed by atoms with Crippen LogP contribution in [0.4, 0.5) is 0 Å². The molecule has 0 amide bonds. The SMILES string of the molecule is CC1(C(=O)c2ccco2)CC1. The largest absolute Gasteiger partial charge is 0.461 e. The molecule has 58 valence electrons. The maximum absolute atomic E-state index is 11.5. The first kappa shape index (κ1) is 6.65. The summed E-state index contributed by atoms with van der Waals surface area (Å²) in [5.41, 5.74) is -0.0994. The van der Waals surface area contributed by atoms with Gasteiger partial charge in [0, 0.05) is 5.41 Å². The van der Waals surface area contributed by atoms with Crippen LogP contribution in [0.15, 0.2) is 22.8 Å². The molecule has 11 heavy (non-hydrogen) atoms. The zero-order valence-electron chi connectivity index (χ0n) is 6.46. The van der Waals surface area contributed by atoms with E-state index in [-0.39, 0.29) is 11.2 Å². The molecule has 0 aliphatic heterocycles. The van der Waals surface area contributed by atoms with Gasteiger partial charge in [0.05, 0.1) is 6.26 Å². The van der Waals surface area contributed by atoms with Crippen molar-refractivity contribution in [3.63, 3.8) is 0 Å². The predicted molar refractivity (Wildman–Crippen MR) is 40.4 cm³/mol. The Morgan fingerprint density at radius 3 is 2.82 bits per heavy atom. The molecule has 0 radical (unpaired) electrons. The van der Waals surface area contributed by atoms with E-state index in [1.165, 1.54) is 0 Å². The van der Waals surface area contributed by atoms with Crippen LogP contribution < -0.4 is 0 Å². The molecular formula is C9H10O2. The van der Waals surface area contributed by atoms with E-state index >= 15 is 0 Å². The van der Waals surface area contributed by atoms with Gasteiger partial charge >= 0.3 is 0 Å². The standard InChI is InChI=1S/C9H10O2/c1-9(4-5-9)8(10)7-3-2-6-11-7/h2-3,6H,4-5H2,1H3. The Kier molecular flexibility index (Phi) is 1.19. The lowest BCUT2D eigenvalue weighted by Gasteiger charge is -2.01. The summed E-state index contributed by atoms with van der Waals surface area (Å²) in [4.78, 5) is 11.5. The van der Waals surface area contributed by atoms with Crippen LogP contribution in [0.1, 0.15) is 30.3 Å². The molecule has 0 atom stereocenters. The topological polar surface area (TPSA) is 30.2 Å². The number of carbonyl (C=O) groups excluding carboxylic acids is 1. The fourth-order valence-corrected chi connectivity index (χ4v) is 1.12. The van der Waals surface area contributed by atoms with Gasteiger partial charge in [0.15, 0.2) is 5.76 Å². The molecular weight excluding hydrogens is 140 g/mol. The van der Waals surface area contributed by atoms with Gasteiger partial charge in [0.2, 0.25) is 5.78 Å². The van der Waals surface area contributed by atoms with Crippen molar-refractivity contribution in [2.45, 2.75) is 19.8 Å². The van der Waals surface area contributed by atoms with Crippen molar-refractivity contribution in [2.75, 3.05) is 0 Å². The highest BCUT2D eigenvalue weighted by atomic mass is 16.3. The fraction of sp³-hybridized carbons (Fsp3) is 0.444. The van der Waals surface area contributed by atoms with E-state index in [1.807, 2.05) is 6.92 Å². The van der Waals surface area contributed by atoms with E-state index in [2.05, 4.69) is 0 Å². The third kappa shape index (κ3) is 0.985. The van der Waals surface area contributed by atoms with Crippen LogP contribution >= 0.6 is 0 Å². The number of hydrogen-bond donors (Lipinski definition) is 0. The summed E-state index contributed by atoms with van der Waals surface area (Å²) < 4.78 is 5.01. The molecule has 1 aliphatic rings.